The van der Waals surface area contributed by atoms with Crippen molar-refractivity contribution >= 4 is 5.97 Å². The van der Waals surface area contributed by atoms with Gasteiger partial charge < -0.3 is 14.3 Å². The van der Waals surface area contributed by atoms with Crippen molar-refractivity contribution in [3.8, 4) is 0 Å². The Kier molecular flexibility index (Phi) is 4.32. The number of fused-ring (bicyclic) bond motifs is 1. The molecule has 4 heterocycles. The second kappa shape index (κ2) is 6.46. The third-order valence-corrected chi connectivity index (χ3v) is 6.00. The lowest BCUT2D eigenvalue weighted by Gasteiger charge is -2.31. The molecule has 3 fully saturated rings. The number of aromatic nitrogens is 1. The number of oxazole rings is 1. The number of hydrogen-bond acceptors (Lipinski definition) is 6. The van der Waals surface area contributed by atoms with E-state index in [1.165, 1.54) is 6.39 Å². The van der Waals surface area contributed by atoms with E-state index in [0.717, 1.165) is 57.9 Å². The molecule has 7 heteroatoms. The predicted octanol–water partition coefficient (Wildman–Crippen LogP) is 1.06. The molecule has 24 heavy (non-hydrogen) atoms. The normalized spacial score (nSPS) is 35.0. The van der Waals surface area contributed by atoms with Crippen molar-refractivity contribution in [2.45, 2.75) is 31.8 Å². The topological polar surface area (TPSA) is 79.0 Å². The molecule has 3 aliphatic rings. The Hall–Kier alpha value is -1.44. The summed E-state index contributed by atoms with van der Waals surface area (Å²) in [6, 6.07) is 0.456. The molecule has 0 radical (unpaired) electrons. The maximum Gasteiger partial charge on any atom is 0.311 e. The van der Waals surface area contributed by atoms with Gasteiger partial charge in [0.15, 0.2) is 6.39 Å². The number of likely N-dealkylation sites (tertiary alicyclic amines) is 2. The Morgan fingerprint density at radius 2 is 2.38 bits per heavy atom. The number of carboxylic acid groups (broad SMARTS) is 1. The summed E-state index contributed by atoms with van der Waals surface area (Å²) < 4.78 is 10.9. The zero-order chi connectivity index (χ0) is 16.6. The summed E-state index contributed by atoms with van der Waals surface area (Å²) in [5.41, 5.74) is -0.631. The minimum atomic E-state index is -0.642. The molecule has 0 aliphatic carbocycles. The lowest BCUT2D eigenvalue weighted by molar-refractivity contribution is -0.151. The lowest BCUT2D eigenvalue weighted by atomic mass is 9.75. The lowest BCUT2D eigenvalue weighted by Crippen LogP contribution is -2.44. The van der Waals surface area contributed by atoms with Crippen LogP contribution < -0.4 is 0 Å². The molecule has 0 spiro atoms. The highest BCUT2D eigenvalue weighted by Crippen LogP contribution is 2.44. The predicted molar refractivity (Wildman–Crippen MR) is 85.4 cm³/mol. The van der Waals surface area contributed by atoms with Crippen molar-refractivity contribution in [2.24, 2.45) is 11.3 Å². The van der Waals surface area contributed by atoms with Crippen LogP contribution in [0, 0.1) is 11.3 Å². The molecule has 0 saturated carbocycles. The Balaban J connectivity index is 1.51. The highest BCUT2D eigenvalue weighted by molar-refractivity contribution is 5.76. The van der Waals surface area contributed by atoms with Crippen molar-refractivity contribution in [3.05, 3.63) is 18.4 Å². The number of nitrogens with zero attached hydrogens (tertiary/aromatic N) is 3. The molecule has 132 valence electrons. The Morgan fingerprint density at radius 3 is 3.08 bits per heavy atom. The molecule has 0 amide bonds. The van der Waals surface area contributed by atoms with Gasteiger partial charge in [-0.1, -0.05) is 0 Å². The molecule has 1 aromatic rings. The van der Waals surface area contributed by atoms with Crippen LogP contribution in [0.2, 0.25) is 0 Å². The molecule has 0 aromatic carbocycles. The molecule has 3 saturated heterocycles. The maximum atomic E-state index is 12.2. The number of carboxylic acids is 1. The van der Waals surface area contributed by atoms with Crippen molar-refractivity contribution in [2.75, 3.05) is 39.4 Å². The van der Waals surface area contributed by atoms with Crippen LogP contribution in [0.4, 0.5) is 0 Å². The molecule has 1 N–H and O–H groups in total. The zero-order valence-corrected chi connectivity index (χ0v) is 13.9. The summed E-state index contributed by atoms with van der Waals surface area (Å²) in [6.07, 6.45) is 5.90. The maximum absolute atomic E-state index is 12.2. The van der Waals surface area contributed by atoms with Gasteiger partial charge in [0.25, 0.3) is 0 Å². The first-order valence-electron chi connectivity index (χ1n) is 8.82. The van der Waals surface area contributed by atoms with Gasteiger partial charge in [0.2, 0.25) is 0 Å². The van der Waals surface area contributed by atoms with Crippen LogP contribution in [0.15, 0.2) is 17.0 Å². The molecule has 0 unspecified atom stereocenters. The summed E-state index contributed by atoms with van der Waals surface area (Å²) >= 11 is 0. The summed E-state index contributed by atoms with van der Waals surface area (Å²) in [4.78, 5) is 20.8. The summed E-state index contributed by atoms with van der Waals surface area (Å²) in [7, 11) is 0. The molecular formula is C17H25N3O4. The summed E-state index contributed by atoms with van der Waals surface area (Å²) in [5, 5.41) is 10.0. The largest absolute Gasteiger partial charge is 0.481 e. The van der Waals surface area contributed by atoms with Crippen LogP contribution in [0.5, 0.6) is 0 Å². The first-order chi connectivity index (χ1) is 11.7. The number of hydrogen-bond donors (Lipinski definition) is 1. The fraction of sp³-hybridized carbons (Fsp3) is 0.765. The average molecular weight is 335 g/mol. The second-order valence-corrected chi connectivity index (χ2v) is 7.41. The van der Waals surface area contributed by atoms with E-state index < -0.39 is 11.4 Å². The molecular weight excluding hydrogens is 310 g/mol. The monoisotopic (exact) mass is 335 g/mol. The van der Waals surface area contributed by atoms with Gasteiger partial charge in [0.1, 0.15) is 5.76 Å². The van der Waals surface area contributed by atoms with Gasteiger partial charge in [-0.15, -0.1) is 0 Å². The van der Waals surface area contributed by atoms with Crippen LogP contribution in [0.1, 0.15) is 25.0 Å². The van der Waals surface area contributed by atoms with E-state index in [2.05, 4.69) is 14.8 Å². The van der Waals surface area contributed by atoms with Gasteiger partial charge in [0.05, 0.1) is 24.8 Å². The van der Waals surface area contributed by atoms with Crippen molar-refractivity contribution in [3.63, 3.8) is 0 Å². The molecule has 1 aromatic heterocycles. The molecule has 3 aliphatic heterocycles. The number of rotatable bonds is 4. The minimum Gasteiger partial charge on any atom is -0.481 e. The van der Waals surface area contributed by atoms with E-state index in [-0.39, 0.29) is 5.92 Å². The van der Waals surface area contributed by atoms with Gasteiger partial charge >= 0.3 is 5.97 Å². The minimum absolute atomic E-state index is 0.154. The first kappa shape index (κ1) is 16.1. The fourth-order valence-electron chi connectivity index (χ4n) is 4.72. The van der Waals surface area contributed by atoms with Crippen molar-refractivity contribution in [1.82, 2.24) is 14.8 Å². The van der Waals surface area contributed by atoms with E-state index in [1.807, 2.05) is 0 Å². The third-order valence-electron chi connectivity index (χ3n) is 6.00. The first-order valence-corrected chi connectivity index (χ1v) is 8.82. The fourth-order valence-corrected chi connectivity index (χ4v) is 4.72. The van der Waals surface area contributed by atoms with E-state index in [4.69, 9.17) is 9.15 Å². The average Bonchev–Trinajstić information content (AvgIpc) is 3.28. The quantitative estimate of drug-likeness (QED) is 0.881. The smallest absolute Gasteiger partial charge is 0.311 e. The molecule has 4 rings (SSSR count). The standard InChI is InChI=1S/C17H25N3O4/c21-16(22)17-3-1-4-20(14-2-5-23-10-14)8-13(17)7-19(11-17)9-15-6-18-12-24-15/h6,12-14H,1-5,7-11H2,(H,21,22)/t13-,14-,17+/m1/s1. The van der Waals surface area contributed by atoms with E-state index in [1.54, 1.807) is 6.20 Å². The van der Waals surface area contributed by atoms with Gasteiger partial charge in [0, 0.05) is 38.2 Å². The Morgan fingerprint density at radius 1 is 1.46 bits per heavy atom. The molecule has 7 nitrogen and oxygen atoms in total. The summed E-state index contributed by atoms with van der Waals surface area (Å²) in [6.45, 7) is 5.49. The van der Waals surface area contributed by atoms with Gasteiger partial charge in [-0.2, -0.15) is 0 Å². The van der Waals surface area contributed by atoms with Gasteiger partial charge in [-0.25, -0.2) is 4.98 Å². The van der Waals surface area contributed by atoms with Crippen LogP contribution in [0.3, 0.4) is 0 Å². The van der Waals surface area contributed by atoms with E-state index >= 15 is 0 Å². The van der Waals surface area contributed by atoms with Gasteiger partial charge in [-0.05, 0) is 25.8 Å². The van der Waals surface area contributed by atoms with Crippen LogP contribution in [-0.4, -0.2) is 71.3 Å². The van der Waals surface area contributed by atoms with Crippen molar-refractivity contribution < 1.29 is 19.1 Å². The molecule has 0 bridgehead atoms. The number of carbonyl (C=O) groups is 1. The second-order valence-electron chi connectivity index (χ2n) is 7.41. The van der Waals surface area contributed by atoms with Crippen LogP contribution in [-0.2, 0) is 16.1 Å². The number of aliphatic carboxylic acids is 1. The van der Waals surface area contributed by atoms with E-state index in [9.17, 15) is 9.90 Å². The third kappa shape index (κ3) is 2.85. The van der Waals surface area contributed by atoms with E-state index in [0.29, 0.717) is 19.1 Å². The van der Waals surface area contributed by atoms with Crippen LogP contribution in [0.25, 0.3) is 0 Å². The highest BCUT2D eigenvalue weighted by Gasteiger charge is 2.53. The van der Waals surface area contributed by atoms with Crippen LogP contribution >= 0.6 is 0 Å². The highest BCUT2D eigenvalue weighted by atomic mass is 16.5. The zero-order valence-electron chi connectivity index (χ0n) is 13.9. The van der Waals surface area contributed by atoms with Gasteiger partial charge in [-0.3, -0.25) is 14.6 Å². The SMILES string of the molecule is O=C(O)[C@]12CCCN([C@@H]3CCOC3)C[C@H]1CN(Cc1cnco1)C2. The Bertz CT molecular complexity index is 572. The number of ether oxygens (including phenoxy) is 1. The summed E-state index contributed by atoms with van der Waals surface area (Å²) in [5.74, 6) is 0.311. The Labute approximate surface area is 141 Å². The van der Waals surface area contributed by atoms with Crippen molar-refractivity contribution in [1.29, 1.82) is 0 Å². The molecule has 3 atom stereocenters.